The monoisotopic (exact) mass is 236 g/mol. The first kappa shape index (κ1) is 13.5. The van der Waals surface area contributed by atoms with E-state index in [-0.39, 0.29) is 18.5 Å². The zero-order valence-corrected chi connectivity index (χ0v) is 10.5. The fourth-order valence-corrected chi connectivity index (χ4v) is 1.25. The summed E-state index contributed by atoms with van der Waals surface area (Å²) in [5, 5.41) is 14.9. The number of benzene rings is 1. The number of carbonyl (C=O) groups excluding carboxylic acids is 1. The summed E-state index contributed by atoms with van der Waals surface area (Å²) in [7, 11) is 0. The Bertz CT molecular complexity index is 360. The molecule has 0 fully saturated rings. The first-order valence-corrected chi connectivity index (χ1v) is 5.78. The normalized spacial score (nSPS) is 12.3. The van der Waals surface area contributed by atoms with Crippen molar-refractivity contribution in [3.8, 4) is 0 Å². The van der Waals surface area contributed by atoms with Crippen LogP contribution in [0.1, 0.15) is 19.4 Å². The number of aliphatic hydroxyl groups excluding tert-OH is 1. The lowest BCUT2D eigenvalue weighted by atomic mass is 10.1. The van der Waals surface area contributed by atoms with E-state index in [0.29, 0.717) is 0 Å². The Hall–Kier alpha value is -1.55. The van der Waals surface area contributed by atoms with Crippen LogP contribution in [-0.4, -0.2) is 23.8 Å². The van der Waals surface area contributed by atoms with E-state index < -0.39 is 6.10 Å². The minimum atomic E-state index is -0.515. The lowest BCUT2D eigenvalue weighted by Gasteiger charge is -2.15. The number of aliphatic hydroxyl groups is 1. The molecule has 3 N–H and O–H groups in total. The van der Waals surface area contributed by atoms with Gasteiger partial charge >= 0.3 is 6.03 Å². The first-order valence-electron chi connectivity index (χ1n) is 5.78. The van der Waals surface area contributed by atoms with Crippen molar-refractivity contribution < 1.29 is 9.90 Å². The molecule has 0 aliphatic rings. The average molecular weight is 236 g/mol. The molecule has 1 aromatic carbocycles. The predicted molar refractivity (Wildman–Crippen MR) is 69.0 cm³/mol. The van der Waals surface area contributed by atoms with Gasteiger partial charge in [0.1, 0.15) is 0 Å². The summed E-state index contributed by atoms with van der Waals surface area (Å²) in [5.41, 5.74) is 1.89. The summed E-state index contributed by atoms with van der Waals surface area (Å²) in [6, 6.07) is 7.24. The van der Waals surface area contributed by atoms with Crippen molar-refractivity contribution in [2.45, 2.75) is 26.9 Å². The summed E-state index contributed by atoms with van der Waals surface area (Å²) < 4.78 is 0. The summed E-state index contributed by atoms with van der Waals surface area (Å²) in [6.07, 6.45) is -0.515. The van der Waals surface area contributed by atoms with E-state index in [4.69, 9.17) is 0 Å². The number of aryl methyl sites for hydroxylation is 1. The lowest BCUT2D eigenvalue weighted by molar-refractivity contribution is 0.126. The van der Waals surface area contributed by atoms with E-state index in [9.17, 15) is 9.90 Å². The predicted octanol–water partition coefficient (Wildman–Crippen LogP) is 2.13. The van der Waals surface area contributed by atoms with Crippen molar-refractivity contribution in [3.63, 3.8) is 0 Å². The second-order valence-electron chi connectivity index (χ2n) is 4.51. The Balaban J connectivity index is 2.37. The van der Waals surface area contributed by atoms with E-state index in [1.807, 2.05) is 45.0 Å². The highest BCUT2D eigenvalue weighted by Crippen LogP contribution is 2.08. The van der Waals surface area contributed by atoms with Crippen LogP contribution in [0.4, 0.5) is 10.5 Å². The number of rotatable bonds is 4. The van der Waals surface area contributed by atoms with Gasteiger partial charge in [-0.15, -0.1) is 0 Å². The van der Waals surface area contributed by atoms with Gasteiger partial charge < -0.3 is 15.7 Å². The zero-order valence-electron chi connectivity index (χ0n) is 10.5. The van der Waals surface area contributed by atoms with Crippen LogP contribution >= 0.6 is 0 Å². The molecule has 1 unspecified atom stereocenters. The number of carbonyl (C=O) groups is 1. The van der Waals surface area contributed by atoms with Gasteiger partial charge in [0, 0.05) is 12.2 Å². The molecule has 1 atom stereocenters. The van der Waals surface area contributed by atoms with Crippen LogP contribution in [0, 0.1) is 12.8 Å². The lowest BCUT2D eigenvalue weighted by Crippen LogP contribution is -2.37. The topological polar surface area (TPSA) is 61.4 Å². The smallest absolute Gasteiger partial charge is 0.319 e. The largest absolute Gasteiger partial charge is 0.391 e. The van der Waals surface area contributed by atoms with E-state index in [2.05, 4.69) is 10.6 Å². The first-order chi connectivity index (χ1) is 7.99. The third kappa shape index (κ3) is 4.87. The third-order valence-corrected chi connectivity index (χ3v) is 2.55. The minimum Gasteiger partial charge on any atom is -0.391 e. The molecule has 4 heteroatoms. The van der Waals surface area contributed by atoms with Gasteiger partial charge in [0.2, 0.25) is 0 Å². The maximum atomic E-state index is 11.5. The number of amides is 2. The molecule has 94 valence electrons. The zero-order chi connectivity index (χ0) is 12.8. The molecule has 1 aromatic rings. The van der Waals surface area contributed by atoms with Crippen LogP contribution in [0.25, 0.3) is 0 Å². The summed E-state index contributed by atoms with van der Waals surface area (Å²) >= 11 is 0. The second kappa shape index (κ2) is 6.25. The fraction of sp³-hybridized carbons (Fsp3) is 0.462. The highest BCUT2D eigenvalue weighted by atomic mass is 16.3. The van der Waals surface area contributed by atoms with Crippen LogP contribution in [0.15, 0.2) is 24.3 Å². The number of anilines is 1. The second-order valence-corrected chi connectivity index (χ2v) is 4.51. The fourth-order valence-electron chi connectivity index (χ4n) is 1.25. The molecule has 0 aromatic heterocycles. The minimum absolute atomic E-state index is 0.134. The number of nitrogens with one attached hydrogen (secondary N) is 2. The Morgan fingerprint density at radius 2 is 1.88 bits per heavy atom. The van der Waals surface area contributed by atoms with Gasteiger partial charge in [-0.2, -0.15) is 0 Å². The molecule has 0 aliphatic heterocycles. The van der Waals surface area contributed by atoms with Gasteiger partial charge in [-0.1, -0.05) is 31.5 Å². The van der Waals surface area contributed by atoms with Crippen LogP contribution in [0.3, 0.4) is 0 Å². The van der Waals surface area contributed by atoms with Crippen molar-refractivity contribution in [1.82, 2.24) is 5.32 Å². The van der Waals surface area contributed by atoms with E-state index in [1.54, 1.807) is 0 Å². The van der Waals surface area contributed by atoms with Crippen molar-refractivity contribution in [2.75, 3.05) is 11.9 Å². The van der Waals surface area contributed by atoms with Crippen molar-refractivity contribution >= 4 is 11.7 Å². The van der Waals surface area contributed by atoms with Gasteiger partial charge in [0.15, 0.2) is 0 Å². The molecule has 17 heavy (non-hydrogen) atoms. The van der Waals surface area contributed by atoms with Crippen LogP contribution in [0.5, 0.6) is 0 Å². The molecule has 2 amide bonds. The van der Waals surface area contributed by atoms with Crippen molar-refractivity contribution in [2.24, 2.45) is 5.92 Å². The molecule has 4 nitrogen and oxygen atoms in total. The Kier molecular flexibility index (Phi) is 4.97. The Morgan fingerprint density at radius 1 is 1.29 bits per heavy atom. The van der Waals surface area contributed by atoms with Gasteiger partial charge in [0.25, 0.3) is 0 Å². The molecule has 0 heterocycles. The molecule has 0 aliphatic carbocycles. The molecular weight excluding hydrogens is 216 g/mol. The molecule has 0 saturated heterocycles. The molecule has 1 rings (SSSR count). The van der Waals surface area contributed by atoms with Crippen LogP contribution < -0.4 is 10.6 Å². The SMILES string of the molecule is Cc1ccc(NC(=O)NCC(O)C(C)C)cc1. The van der Waals surface area contributed by atoms with E-state index in [0.717, 1.165) is 11.3 Å². The van der Waals surface area contributed by atoms with Gasteiger partial charge in [-0.25, -0.2) is 4.79 Å². The maximum absolute atomic E-state index is 11.5. The molecule has 0 spiro atoms. The number of hydrogen-bond acceptors (Lipinski definition) is 2. The Labute approximate surface area is 102 Å². The highest BCUT2D eigenvalue weighted by molar-refractivity contribution is 5.89. The summed E-state index contributed by atoms with van der Waals surface area (Å²) in [6.45, 7) is 6.06. The average Bonchev–Trinajstić information content (AvgIpc) is 2.29. The quantitative estimate of drug-likeness (QED) is 0.750. The van der Waals surface area contributed by atoms with Gasteiger partial charge in [0.05, 0.1) is 6.10 Å². The van der Waals surface area contributed by atoms with Crippen LogP contribution in [0.2, 0.25) is 0 Å². The standard InChI is InChI=1S/C13H20N2O2/c1-9(2)12(16)8-14-13(17)15-11-6-4-10(3)5-7-11/h4-7,9,12,16H,8H2,1-3H3,(H2,14,15,17). The maximum Gasteiger partial charge on any atom is 0.319 e. The third-order valence-electron chi connectivity index (χ3n) is 2.55. The van der Waals surface area contributed by atoms with Crippen LogP contribution in [-0.2, 0) is 0 Å². The van der Waals surface area contributed by atoms with Crippen molar-refractivity contribution in [1.29, 1.82) is 0 Å². The molecular formula is C13H20N2O2. The molecule has 0 bridgehead atoms. The number of hydrogen-bond donors (Lipinski definition) is 3. The number of urea groups is 1. The van der Waals surface area contributed by atoms with E-state index in [1.165, 1.54) is 0 Å². The van der Waals surface area contributed by atoms with Gasteiger partial charge in [-0.3, -0.25) is 0 Å². The summed E-state index contributed by atoms with van der Waals surface area (Å²) in [5.74, 6) is 0.134. The molecule has 0 saturated carbocycles. The summed E-state index contributed by atoms with van der Waals surface area (Å²) in [4.78, 5) is 11.5. The van der Waals surface area contributed by atoms with Gasteiger partial charge in [-0.05, 0) is 25.0 Å². The highest BCUT2D eigenvalue weighted by Gasteiger charge is 2.10. The molecule has 0 radical (unpaired) electrons. The Morgan fingerprint density at radius 3 is 2.41 bits per heavy atom. The van der Waals surface area contributed by atoms with E-state index >= 15 is 0 Å². The van der Waals surface area contributed by atoms with Crippen molar-refractivity contribution in [3.05, 3.63) is 29.8 Å².